The number of nitrogens with one attached hydrogen (secondary N) is 2. The number of aromatic nitrogens is 2. The van der Waals surface area contributed by atoms with Crippen LogP contribution in [0.1, 0.15) is 35.1 Å². The number of fused-ring (bicyclic) bond motifs is 1. The zero-order chi connectivity index (χ0) is 19.7. The molecule has 146 valence electrons. The Morgan fingerprint density at radius 1 is 1.36 bits per heavy atom. The molecule has 2 aromatic heterocycles. The molecule has 0 fully saturated rings. The van der Waals surface area contributed by atoms with Crippen molar-refractivity contribution in [3.63, 3.8) is 0 Å². The maximum Gasteiger partial charge on any atom is 0.319 e. The highest BCUT2D eigenvalue weighted by Gasteiger charge is 2.24. The number of hydrogen-bond donors (Lipinski definition) is 2. The number of anilines is 2. The SMILES string of the molecule is Cc1noc(C)c1C[C@@H](C)NC(=O)Nc1cccc2c1CN(c1nccs1)C2. The average Bonchev–Trinajstić information content (AvgIpc) is 3.38. The third-order valence-corrected chi connectivity index (χ3v) is 5.82. The standard InChI is InChI=1S/C20H23N5O2S/c1-12(9-16-13(2)24-27-14(16)3)22-19(26)23-18-6-4-5-15-10-25(11-17(15)18)20-21-7-8-28-20/h4-8,12H,9-11H2,1-3H3,(H2,22,23,26)/t12-/m1/s1. The molecule has 7 nitrogen and oxygen atoms in total. The Bertz CT molecular complexity index is 963. The second-order valence-corrected chi connectivity index (χ2v) is 7.99. The minimum absolute atomic E-state index is 0.0413. The van der Waals surface area contributed by atoms with Gasteiger partial charge in [0, 0.05) is 47.5 Å². The number of benzene rings is 1. The molecule has 1 aliphatic heterocycles. The molecule has 0 saturated heterocycles. The van der Waals surface area contributed by atoms with Crippen LogP contribution in [0.2, 0.25) is 0 Å². The summed E-state index contributed by atoms with van der Waals surface area (Å²) < 4.78 is 5.20. The Hall–Kier alpha value is -2.87. The van der Waals surface area contributed by atoms with E-state index >= 15 is 0 Å². The lowest BCUT2D eigenvalue weighted by molar-refractivity contribution is 0.249. The Morgan fingerprint density at radius 3 is 2.93 bits per heavy atom. The lowest BCUT2D eigenvalue weighted by atomic mass is 10.1. The summed E-state index contributed by atoms with van der Waals surface area (Å²) in [7, 11) is 0. The van der Waals surface area contributed by atoms with E-state index in [4.69, 9.17) is 4.52 Å². The monoisotopic (exact) mass is 397 g/mol. The fourth-order valence-electron chi connectivity index (χ4n) is 3.58. The highest BCUT2D eigenvalue weighted by Crippen LogP contribution is 2.33. The van der Waals surface area contributed by atoms with Crippen molar-refractivity contribution in [2.75, 3.05) is 10.2 Å². The molecule has 1 atom stereocenters. The summed E-state index contributed by atoms with van der Waals surface area (Å²) in [6.45, 7) is 7.34. The summed E-state index contributed by atoms with van der Waals surface area (Å²) in [5.74, 6) is 0.801. The van der Waals surface area contributed by atoms with Crippen molar-refractivity contribution >= 4 is 28.2 Å². The fourth-order valence-corrected chi connectivity index (χ4v) is 4.22. The first-order chi connectivity index (χ1) is 13.5. The molecule has 0 radical (unpaired) electrons. The fraction of sp³-hybridized carbons (Fsp3) is 0.350. The second kappa shape index (κ2) is 7.63. The van der Waals surface area contributed by atoms with E-state index in [1.807, 2.05) is 44.5 Å². The Kier molecular flexibility index (Phi) is 5.04. The van der Waals surface area contributed by atoms with Crippen LogP contribution in [0.15, 0.2) is 34.3 Å². The van der Waals surface area contributed by atoms with Crippen molar-refractivity contribution in [3.05, 3.63) is 57.9 Å². The van der Waals surface area contributed by atoms with Crippen molar-refractivity contribution in [1.82, 2.24) is 15.5 Å². The smallest absolute Gasteiger partial charge is 0.319 e. The van der Waals surface area contributed by atoms with Crippen LogP contribution in [0, 0.1) is 13.8 Å². The maximum absolute atomic E-state index is 12.5. The van der Waals surface area contributed by atoms with Gasteiger partial charge in [0.2, 0.25) is 0 Å². The molecule has 28 heavy (non-hydrogen) atoms. The molecule has 2 amide bonds. The summed E-state index contributed by atoms with van der Waals surface area (Å²) >= 11 is 1.63. The molecule has 3 aromatic rings. The first-order valence-corrected chi connectivity index (χ1v) is 10.1. The van der Waals surface area contributed by atoms with Crippen LogP contribution >= 0.6 is 11.3 Å². The van der Waals surface area contributed by atoms with Crippen molar-refractivity contribution in [3.8, 4) is 0 Å². The van der Waals surface area contributed by atoms with E-state index in [9.17, 15) is 4.79 Å². The third-order valence-electron chi connectivity index (χ3n) is 4.99. The first-order valence-electron chi connectivity index (χ1n) is 9.25. The Balaban J connectivity index is 1.40. The van der Waals surface area contributed by atoms with E-state index in [0.717, 1.165) is 46.5 Å². The Morgan fingerprint density at radius 2 is 2.21 bits per heavy atom. The van der Waals surface area contributed by atoms with Gasteiger partial charge in [-0.3, -0.25) is 0 Å². The number of aryl methyl sites for hydroxylation is 2. The van der Waals surface area contributed by atoms with Gasteiger partial charge in [0.25, 0.3) is 0 Å². The van der Waals surface area contributed by atoms with Gasteiger partial charge in [-0.05, 0) is 38.8 Å². The van der Waals surface area contributed by atoms with Gasteiger partial charge in [0.05, 0.1) is 5.69 Å². The Labute approximate surface area is 167 Å². The lowest BCUT2D eigenvalue weighted by Crippen LogP contribution is -2.37. The largest absolute Gasteiger partial charge is 0.361 e. The van der Waals surface area contributed by atoms with Crippen molar-refractivity contribution < 1.29 is 9.32 Å². The number of rotatable bonds is 5. The molecule has 0 spiro atoms. The number of thiazole rings is 1. The van der Waals surface area contributed by atoms with Crippen LogP contribution < -0.4 is 15.5 Å². The van der Waals surface area contributed by atoms with Crippen molar-refractivity contribution in [2.24, 2.45) is 0 Å². The first kappa shape index (κ1) is 18.5. The van der Waals surface area contributed by atoms with E-state index < -0.39 is 0 Å². The summed E-state index contributed by atoms with van der Waals surface area (Å²) in [4.78, 5) is 19.2. The molecular weight excluding hydrogens is 374 g/mol. The van der Waals surface area contributed by atoms with Gasteiger partial charge >= 0.3 is 6.03 Å². The predicted octanol–water partition coefficient (Wildman–Crippen LogP) is 4.02. The summed E-state index contributed by atoms with van der Waals surface area (Å²) in [5, 5.41) is 13.0. The van der Waals surface area contributed by atoms with Crippen molar-refractivity contribution in [2.45, 2.75) is 46.3 Å². The molecule has 0 unspecified atom stereocenters. The van der Waals surface area contributed by atoms with Gasteiger partial charge in [0.1, 0.15) is 5.76 Å². The molecule has 0 saturated carbocycles. The zero-order valence-electron chi connectivity index (χ0n) is 16.2. The van der Waals surface area contributed by atoms with Gasteiger partial charge in [-0.25, -0.2) is 9.78 Å². The van der Waals surface area contributed by atoms with Crippen molar-refractivity contribution in [1.29, 1.82) is 0 Å². The number of urea groups is 1. The van der Waals surface area contributed by atoms with E-state index in [2.05, 4.69) is 31.7 Å². The number of nitrogens with zero attached hydrogens (tertiary/aromatic N) is 3. The number of amides is 2. The summed E-state index contributed by atoms with van der Waals surface area (Å²) in [5.41, 5.74) is 5.13. The second-order valence-electron chi connectivity index (χ2n) is 7.12. The van der Waals surface area contributed by atoms with Crippen LogP contribution in [-0.2, 0) is 19.5 Å². The van der Waals surface area contributed by atoms with E-state index in [1.165, 1.54) is 5.56 Å². The van der Waals surface area contributed by atoms with E-state index in [1.54, 1.807) is 11.3 Å². The maximum atomic E-state index is 12.5. The minimum Gasteiger partial charge on any atom is -0.361 e. The lowest BCUT2D eigenvalue weighted by Gasteiger charge is -2.16. The quantitative estimate of drug-likeness (QED) is 0.679. The van der Waals surface area contributed by atoms with Gasteiger partial charge < -0.3 is 20.1 Å². The predicted molar refractivity (Wildman–Crippen MR) is 110 cm³/mol. The topological polar surface area (TPSA) is 83.3 Å². The molecule has 3 heterocycles. The molecule has 8 heteroatoms. The molecular formula is C20H23N5O2S. The highest BCUT2D eigenvalue weighted by atomic mass is 32.1. The van der Waals surface area contributed by atoms with E-state index in [-0.39, 0.29) is 12.1 Å². The summed E-state index contributed by atoms with van der Waals surface area (Å²) in [6, 6.07) is 5.78. The molecule has 1 aromatic carbocycles. The molecule has 4 rings (SSSR count). The van der Waals surface area contributed by atoms with Gasteiger partial charge in [-0.15, -0.1) is 11.3 Å². The van der Waals surface area contributed by atoms with Gasteiger partial charge in [-0.1, -0.05) is 17.3 Å². The molecule has 0 aliphatic carbocycles. The van der Waals surface area contributed by atoms with Crippen LogP contribution in [0.4, 0.5) is 15.6 Å². The zero-order valence-corrected chi connectivity index (χ0v) is 17.0. The van der Waals surface area contributed by atoms with Crippen LogP contribution in [0.25, 0.3) is 0 Å². The average molecular weight is 398 g/mol. The highest BCUT2D eigenvalue weighted by molar-refractivity contribution is 7.13. The molecule has 1 aliphatic rings. The number of carbonyl (C=O) groups is 1. The summed E-state index contributed by atoms with van der Waals surface area (Å²) in [6.07, 6.45) is 2.50. The van der Waals surface area contributed by atoms with E-state index in [0.29, 0.717) is 6.42 Å². The normalized spacial score (nSPS) is 14.0. The minimum atomic E-state index is -0.208. The van der Waals surface area contributed by atoms with Gasteiger partial charge in [-0.2, -0.15) is 0 Å². The van der Waals surface area contributed by atoms with Crippen LogP contribution in [0.5, 0.6) is 0 Å². The number of carbonyl (C=O) groups excluding carboxylic acids is 1. The molecule has 0 bridgehead atoms. The third kappa shape index (κ3) is 3.73. The van der Waals surface area contributed by atoms with Crippen LogP contribution in [0.3, 0.4) is 0 Å². The number of hydrogen-bond acceptors (Lipinski definition) is 6. The van der Waals surface area contributed by atoms with Crippen LogP contribution in [-0.4, -0.2) is 22.2 Å². The van der Waals surface area contributed by atoms with Gasteiger partial charge in [0.15, 0.2) is 5.13 Å². The molecule has 2 N–H and O–H groups in total.